The summed E-state index contributed by atoms with van der Waals surface area (Å²) in [5.41, 5.74) is 4.07. The summed E-state index contributed by atoms with van der Waals surface area (Å²) in [6, 6.07) is 11.1. The Labute approximate surface area is 128 Å². The van der Waals surface area contributed by atoms with Gasteiger partial charge in [0.1, 0.15) is 0 Å². The Kier molecular flexibility index (Phi) is 6.00. The summed E-state index contributed by atoms with van der Waals surface area (Å²) in [7, 11) is 2.02. The van der Waals surface area contributed by atoms with E-state index in [4.69, 9.17) is 0 Å². The standard InChI is InChI=1S/C18H27N3/c1-4-12-19-14-17(16-7-5-15(2)6-8-16)9-10-18-11-13-20-21(18)3/h5-8,11,13,17,19H,4,9-10,12,14H2,1-3H3. The molecule has 21 heavy (non-hydrogen) atoms. The summed E-state index contributed by atoms with van der Waals surface area (Å²) in [5.74, 6) is 0.562. The van der Waals surface area contributed by atoms with Crippen molar-refractivity contribution in [2.75, 3.05) is 13.1 Å². The van der Waals surface area contributed by atoms with Crippen LogP contribution in [0.3, 0.4) is 0 Å². The Balaban J connectivity index is 2.01. The normalized spacial score (nSPS) is 12.5. The Morgan fingerprint density at radius 2 is 1.95 bits per heavy atom. The second-order valence-electron chi connectivity index (χ2n) is 5.80. The van der Waals surface area contributed by atoms with E-state index in [-0.39, 0.29) is 0 Å². The topological polar surface area (TPSA) is 29.9 Å². The van der Waals surface area contributed by atoms with Crippen molar-refractivity contribution >= 4 is 0 Å². The smallest absolute Gasteiger partial charge is 0.0492 e. The number of hydrogen-bond acceptors (Lipinski definition) is 2. The second kappa shape index (κ2) is 7.99. The minimum absolute atomic E-state index is 0.562. The molecule has 1 unspecified atom stereocenters. The predicted octanol–water partition coefficient (Wildman–Crippen LogP) is 3.44. The number of nitrogens with one attached hydrogen (secondary N) is 1. The quantitative estimate of drug-likeness (QED) is 0.753. The molecule has 1 aromatic heterocycles. The van der Waals surface area contributed by atoms with Crippen LogP contribution in [-0.2, 0) is 13.5 Å². The van der Waals surface area contributed by atoms with Gasteiger partial charge >= 0.3 is 0 Å². The number of aromatic nitrogens is 2. The first kappa shape index (κ1) is 15.8. The lowest BCUT2D eigenvalue weighted by molar-refractivity contribution is 0.538. The van der Waals surface area contributed by atoms with E-state index in [2.05, 4.69) is 54.6 Å². The lowest BCUT2D eigenvalue weighted by Crippen LogP contribution is -2.23. The Bertz CT molecular complexity index is 528. The zero-order valence-electron chi connectivity index (χ0n) is 13.5. The predicted molar refractivity (Wildman–Crippen MR) is 88.6 cm³/mol. The Morgan fingerprint density at radius 3 is 2.57 bits per heavy atom. The lowest BCUT2D eigenvalue weighted by Gasteiger charge is -2.18. The van der Waals surface area contributed by atoms with Crippen molar-refractivity contribution in [1.29, 1.82) is 0 Å². The largest absolute Gasteiger partial charge is 0.316 e. The number of aryl methyl sites for hydroxylation is 3. The maximum atomic E-state index is 4.26. The number of benzene rings is 1. The summed E-state index contributed by atoms with van der Waals surface area (Å²) < 4.78 is 1.98. The van der Waals surface area contributed by atoms with Crippen LogP contribution in [0.15, 0.2) is 36.5 Å². The molecule has 0 amide bonds. The average Bonchev–Trinajstić information content (AvgIpc) is 2.89. The van der Waals surface area contributed by atoms with E-state index >= 15 is 0 Å². The molecule has 1 atom stereocenters. The van der Waals surface area contributed by atoms with E-state index in [1.165, 1.54) is 23.2 Å². The molecule has 1 aromatic carbocycles. The molecular weight excluding hydrogens is 258 g/mol. The molecule has 1 heterocycles. The van der Waals surface area contributed by atoms with Crippen LogP contribution in [0.4, 0.5) is 0 Å². The van der Waals surface area contributed by atoms with Crippen molar-refractivity contribution in [3.8, 4) is 0 Å². The molecule has 0 bridgehead atoms. The highest BCUT2D eigenvalue weighted by Gasteiger charge is 2.12. The highest BCUT2D eigenvalue weighted by atomic mass is 15.2. The van der Waals surface area contributed by atoms with Crippen LogP contribution in [0, 0.1) is 6.92 Å². The van der Waals surface area contributed by atoms with Gasteiger partial charge in [-0.25, -0.2) is 0 Å². The van der Waals surface area contributed by atoms with Crippen LogP contribution in [0.2, 0.25) is 0 Å². The molecule has 2 aromatic rings. The van der Waals surface area contributed by atoms with Gasteiger partial charge in [-0.1, -0.05) is 36.8 Å². The molecular formula is C18H27N3. The van der Waals surface area contributed by atoms with E-state index < -0.39 is 0 Å². The molecule has 3 nitrogen and oxygen atoms in total. The first-order valence-corrected chi connectivity index (χ1v) is 7.95. The van der Waals surface area contributed by atoms with Gasteiger partial charge in [-0.2, -0.15) is 5.10 Å². The SMILES string of the molecule is CCCNCC(CCc1ccnn1C)c1ccc(C)cc1. The number of hydrogen-bond donors (Lipinski definition) is 1. The van der Waals surface area contributed by atoms with Crippen molar-refractivity contribution in [3.63, 3.8) is 0 Å². The molecule has 0 saturated carbocycles. The number of rotatable bonds is 8. The fourth-order valence-corrected chi connectivity index (χ4v) is 2.65. The van der Waals surface area contributed by atoms with Crippen molar-refractivity contribution in [2.24, 2.45) is 7.05 Å². The minimum Gasteiger partial charge on any atom is -0.316 e. The highest BCUT2D eigenvalue weighted by Crippen LogP contribution is 2.21. The van der Waals surface area contributed by atoms with Gasteiger partial charge in [-0.15, -0.1) is 0 Å². The summed E-state index contributed by atoms with van der Waals surface area (Å²) in [6.45, 7) is 6.50. The third kappa shape index (κ3) is 4.71. The van der Waals surface area contributed by atoms with Crippen LogP contribution in [0.1, 0.15) is 42.5 Å². The summed E-state index contributed by atoms with van der Waals surface area (Å²) in [4.78, 5) is 0. The van der Waals surface area contributed by atoms with E-state index in [0.717, 1.165) is 25.9 Å². The average molecular weight is 285 g/mol. The Morgan fingerprint density at radius 1 is 1.19 bits per heavy atom. The van der Waals surface area contributed by atoms with Crippen molar-refractivity contribution in [1.82, 2.24) is 15.1 Å². The first-order chi connectivity index (χ1) is 10.2. The Hall–Kier alpha value is -1.61. The van der Waals surface area contributed by atoms with Gasteiger partial charge in [0.2, 0.25) is 0 Å². The van der Waals surface area contributed by atoms with Gasteiger partial charge in [0, 0.05) is 25.5 Å². The van der Waals surface area contributed by atoms with Crippen LogP contribution < -0.4 is 5.32 Å². The minimum atomic E-state index is 0.562. The van der Waals surface area contributed by atoms with Crippen molar-refractivity contribution < 1.29 is 0 Å². The van der Waals surface area contributed by atoms with Crippen LogP contribution >= 0.6 is 0 Å². The van der Waals surface area contributed by atoms with Gasteiger partial charge in [-0.3, -0.25) is 4.68 Å². The van der Waals surface area contributed by atoms with Crippen LogP contribution in [0.25, 0.3) is 0 Å². The van der Waals surface area contributed by atoms with Gasteiger partial charge in [0.05, 0.1) is 0 Å². The van der Waals surface area contributed by atoms with Gasteiger partial charge in [0.25, 0.3) is 0 Å². The summed E-state index contributed by atoms with van der Waals surface area (Å²) >= 11 is 0. The third-order valence-electron chi connectivity index (χ3n) is 4.04. The fraction of sp³-hybridized carbons (Fsp3) is 0.500. The first-order valence-electron chi connectivity index (χ1n) is 7.95. The molecule has 0 saturated heterocycles. The maximum Gasteiger partial charge on any atom is 0.0492 e. The van der Waals surface area contributed by atoms with E-state index in [1.807, 2.05) is 17.9 Å². The molecule has 0 radical (unpaired) electrons. The molecule has 0 spiro atoms. The van der Waals surface area contributed by atoms with Crippen molar-refractivity contribution in [3.05, 3.63) is 53.3 Å². The maximum absolute atomic E-state index is 4.26. The van der Waals surface area contributed by atoms with Gasteiger partial charge in [0.15, 0.2) is 0 Å². The highest BCUT2D eigenvalue weighted by molar-refractivity contribution is 5.25. The zero-order chi connectivity index (χ0) is 15.1. The molecule has 3 heteroatoms. The van der Waals surface area contributed by atoms with Crippen molar-refractivity contribution in [2.45, 2.75) is 39.0 Å². The molecule has 0 aliphatic rings. The third-order valence-corrected chi connectivity index (χ3v) is 4.04. The van der Waals surface area contributed by atoms with E-state index in [9.17, 15) is 0 Å². The monoisotopic (exact) mass is 285 g/mol. The lowest BCUT2D eigenvalue weighted by atomic mass is 9.92. The zero-order valence-corrected chi connectivity index (χ0v) is 13.5. The second-order valence-corrected chi connectivity index (χ2v) is 5.80. The van der Waals surface area contributed by atoms with E-state index in [0.29, 0.717) is 5.92 Å². The van der Waals surface area contributed by atoms with Crippen LogP contribution in [0.5, 0.6) is 0 Å². The van der Waals surface area contributed by atoms with E-state index in [1.54, 1.807) is 0 Å². The molecule has 1 N–H and O–H groups in total. The summed E-state index contributed by atoms with van der Waals surface area (Å²) in [5, 5.41) is 7.83. The molecule has 114 valence electrons. The summed E-state index contributed by atoms with van der Waals surface area (Å²) in [6.07, 6.45) is 5.29. The molecule has 0 aliphatic heterocycles. The number of nitrogens with zero attached hydrogens (tertiary/aromatic N) is 2. The van der Waals surface area contributed by atoms with Crippen LogP contribution in [-0.4, -0.2) is 22.9 Å². The molecule has 2 rings (SSSR count). The van der Waals surface area contributed by atoms with Gasteiger partial charge in [-0.05, 0) is 50.3 Å². The fourth-order valence-electron chi connectivity index (χ4n) is 2.65. The van der Waals surface area contributed by atoms with Gasteiger partial charge < -0.3 is 5.32 Å². The molecule has 0 fully saturated rings. The molecule has 0 aliphatic carbocycles.